The Balaban J connectivity index is 1.71. The quantitative estimate of drug-likeness (QED) is 0.322. The second-order valence-corrected chi connectivity index (χ2v) is 6.91. The van der Waals surface area contributed by atoms with Crippen molar-refractivity contribution in [2.45, 2.75) is 19.8 Å². The summed E-state index contributed by atoms with van der Waals surface area (Å²) in [6.07, 6.45) is 1.94. The molecule has 1 aliphatic heterocycles. The van der Waals surface area contributed by atoms with Crippen LogP contribution in [-0.2, 0) is 9.53 Å². The molecule has 2 aromatic rings. The van der Waals surface area contributed by atoms with E-state index >= 15 is 0 Å². The fraction of sp³-hybridized carbons (Fsp3) is 0.286. The van der Waals surface area contributed by atoms with Gasteiger partial charge in [-0.2, -0.15) is 0 Å². The molecule has 30 heavy (non-hydrogen) atoms. The number of hydrogen-bond acceptors (Lipinski definition) is 7. The predicted molar refractivity (Wildman–Crippen MR) is 110 cm³/mol. The minimum absolute atomic E-state index is 0.0694. The van der Waals surface area contributed by atoms with E-state index in [1.807, 2.05) is 4.90 Å². The molecule has 9 nitrogen and oxygen atoms in total. The van der Waals surface area contributed by atoms with Crippen LogP contribution in [0.1, 0.15) is 40.5 Å². The van der Waals surface area contributed by atoms with Gasteiger partial charge in [0.25, 0.3) is 5.69 Å². The van der Waals surface area contributed by atoms with E-state index < -0.39 is 23.3 Å². The van der Waals surface area contributed by atoms with Crippen LogP contribution in [0.4, 0.5) is 17.1 Å². The van der Waals surface area contributed by atoms with Gasteiger partial charge in [-0.05, 0) is 43.2 Å². The molecule has 156 valence electrons. The standard InChI is InChI=1S/C21H21N3O6/c1-14(25)22-16-6-4-15(5-7-16)20(26)13-30-21(27)18-12-17(24(28)29)8-9-19(18)23-10-2-3-11-23/h4-9,12H,2-3,10-11,13H2,1H3,(H,22,25). The number of nitrogens with one attached hydrogen (secondary N) is 1. The molecule has 1 heterocycles. The Hall–Kier alpha value is -3.75. The first-order valence-corrected chi connectivity index (χ1v) is 9.46. The third-order valence-corrected chi connectivity index (χ3v) is 4.72. The SMILES string of the molecule is CC(=O)Nc1ccc(C(=O)COC(=O)c2cc([N+](=O)[O-])ccc2N2CCCC2)cc1. The molecule has 1 saturated heterocycles. The molecule has 0 radical (unpaired) electrons. The number of nitro groups is 1. The Labute approximate surface area is 172 Å². The van der Waals surface area contributed by atoms with Crippen LogP contribution >= 0.6 is 0 Å². The largest absolute Gasteiger partial charge is 0.454 e. The molecule has 1 fully saturated rings. The maximum atomic E-state index is 12.6. The molecule has 1 N–H and O–H groups in total. The van der Waals surface area contributed by atoms with Gasteiger partial charge in [-0.3, -0.25) is 19.7 Å². The van der Waals surface area contributed by atoms with E-state index in [0.29, 0.717) is 16.9 Å². The summed E-state index contributed by atoms with van der Waals surface area (Å²) in [6.45, 7) is 2.37. The lowest BCUT2D eigenvalue weighted by atomic mass is 10.1. The first kappa shape index (κ1) is 21.0. The highest BCUT2D eigenvalue weighted by molar-refractivity contribution is 6.01. The van der Waals surface area contributed by atoms with Crippen LogP contribution in [0.2, 0.25) is 0 Å². The highest BCUT2D eigenvalue weighted by Gasteiger charge is 2.24. The Bertz CT molecular complexity index is 981. The third-order valence-electron chi connectivity index (χ3n) is 4.72. The van der Waals surface area contributed by atoms with E-state index in [9.17, 15) is 24.5 Å². The first-order valence-electron chi connectivity index (χ1n) is 9.46. The summed E-state index contributed by atoms with van der Waals surface area (Å²) in [5, 5.41) is 13.7. The van der Waals surface area contributed by atoms with E-state index in [4.69, 9.17) is 4.74 Å². The number of nitro benzene ring substituents is 1. The van der Waals surface area contributed by atoms with Gasteiger partial charge in [-0.25, -0.2) is 4.79 Å². The number of nitrogens with zero attached hydrogens (tertiary/aromatic N) is 2. The van der Waals surface area contributed by atoms with Crippen LogP contribution in [-0.4, -0.2) is 42.3 Å². The van der Waals surface area contributed by atoms with Crippen molar-refractivity contribution in [1.29, 1.82) is 0 Å². The molecule has 9 heteroatoms. The number of rotatable bonds is 7. The molecular formula is C21H21N3O6. The minimum atomic E-state index is -0.788. The van der Waals surface area contributed by atoms with E-state index in [2.05, 4.69) is 5.32 Å². The molecule has 3 rings (SSSR count). The maximum absolute atomic E-state index is 12.6. The second kappa shape index (κ2) is 9.17. The van der Waals surface area contributed by atoms with Crippen LogP contribution in [0, 0.1) is 10.1 Å². The zero-order valence-corrected chi connectivity index (χ0v) is 16.4. The van der Waals surface area contributed by atoms with Gasteiger partial charge in [0.1, 0.15) is 0 Å². The van der Waals surface area contributed by atoms with Gasteiger partial charge in [0.05, 0.1) is 16.2 Å². The first-order chi connectivity index (χ1) is 14.3. The molecule has 0 saturated carbocycles. The Morgan fingerprint density at radius 1 is 1.10 bits per heavy atom. The number of esters is 1. The summed E-state index contributed by atoms with van der Waals surface area (Å²) in [5.41, 5.74) is 1.28. The summed E-state index contributed by atoms with van der Waals surface area (Å²) >= 11 is 0. The van der Waals surface area contributed by atoms with Crippen molar-refractivity contribution in [2.24, 2.45) is 0 Å². The van der Waals surface area contributed by atoms with Crippen molar-refractivity contribution < 1.29 is 24.0 Å². The van der Waals surface area contributed by atoms with E-state index in [-0.39, 0.29) is 17.2 Å². The second-order valence-electron chi connectivity index (χ2n) is 6.91. The number of anilines is 2. The number of carbonyl (C=O) groups excluding carboxylic acids is 3. The summed E-state index contributed by atoms with van der Waals surface area (Å²) in [4.78, 5) is 48.5. The number of ketones is 1. The number of carbonyl (C=O) groups is 3. The Morgan fingerprint density at radius 3 is 2.37 bits per heavy atom. The number of non-ortho nitro benzene ring substituents is 1. The third kappa shape index (κ3) is 4.99. The summed E-state index contributed by atoms with van der Waals surface area (Å²) in [6, 6.07) is 10.3. The normalized spacial score (nSPS) is 13.0. The predicted octanol–water partition coefficient (Wildman–Crippen LogP) is 3.19. The monoisotopic (exact) mass is 411 g/mol. The fourth-order valence-corrected chi connectivity index (χ4v) is 3.27. The van der Waals surface area contributed by atoms with Gasteiger partial charge in [0, 0.05) is 43.4 Å². The smallest absolute Gasteiger partial charge is 0.340 e. The number of amides is 1. The van der Waals surface area contributed by atoms with Gasteiger partial charge in [-0.1, -0.05) is 0 Å². The van der Waals surface area contributed by atoms with Crippen molar-refractivity contribution in [3.8, 4) is 0 Å². The van der Waals surface area contributed by atoms with Gasteiger partial charge < -0.3 is 15.0 Å². The van der Waals surface area contributed by atoms with Gasteiger partial charge >= 0.3 is 5.97 Å². The summed E-state index contributed by atoms with van der Waals surface area (Å²) < 4.78 is 5.17. The zero-order chi connectivity index (χ0) is 21.7. The van der Waals surface area contributed by atoms with Crippen molar-refractivity contribution in [3.63, 3.8) is 0 Å². The summed E-state index contributed by atoms with van der Waals surface area (Å²) in [5.74, 6) is -1.44. The molecule has 0 aromatic heterocycles. The molecule has 1 aliphatic rings. The summed E-state index contributed by atoms with van der Waals surface area (Å²) in [7, 11) is 0. The van der Waals surface area contributed by atoms with E-state index in [1.165, 1.54) is 31.2 Å². The number of Topliss-reactive ketones (excluding diaryl/α,β-unsaturated/α-hetero) is 1. The highest BCUT2D eigenvalue weighted by Crippen LogP contribution is 2.29. The molecule has 0 spiro atoms. The van der Waals surface area contributed by atoms with E-state index in [0.717, 1.165) is 25.9 Å². The van der Waals surface area contributed by atoms with Crippen LogP contribution in [0.25, 0.3) is 0 Å². The molecule has 1 amide bonds. The van der Waals surface area contributed by atoms with Gasteiger partial charge in [0.2, 0.25) is 5.91 Å². The Morgan fingerprint density at radius 2 is 1.77 bits per heavy atom. The average molecular weight is 411 g/mol. The van der Waals surface area contributed by atoms with Crippen LogP contribution < -0.4 is 10.2 Å². The lowest BCUT2D eigenvalue weighted by molar-refractivity contribution is -0.384. The van der Waals surface area contributed by atoms with Crippen molar-refractivity contribution in [3.05, 3.63) is 63.7 Å². The van der Waals surface area contributed by atoms with Gasteiger partial charge in [-0.15, -0.1) is 0 Å². The Kier molecular flexibility index (Phi) is 6.41. The molecule has 2 aromatic carbocycles. The number of hydrogen-bond donors (Lipinski definition) is 1. The number of ether oxygens (including phenoxy) is 1. The van der Waals surface area contributed by atoms with E-state index in [1.54, 1.807) is 18.2 Å². The van der Waals surface area contributed by atoms with Crippen LogP contribution in [0.3, 0.4) is 0 Å². The molecule has 0 unspecified atom stereocenters. The lowest BCUT2D eigenvalue weighted by Crippen LogP contribution is -2.22. The van der Waals surface area contributed by atoms with Crippen LogP contribution in [0.15, 0.2) is 42.5 Å². The van der Waals surface area contributed by atoms with Crippen molar-refractivity contribution in [2.75, 3.05) is 29.9 Å². The average Bonchev–Trinajstić information content (AvgIpc) is 3.26. The van der Waals surface area contributed by atoms with Crippen molar-refractivity contribution in [1.82, 2.24) is 0 Å². The lowest BCUT2D eigenvalue weighted by Gasteiger charge is -2.20. The zero-order valence-electron chi connectivity index (χ0n) is 16.4. The van der Waals surface area contributed by atoms with Crippen molar-refractivity contribution >= 4 is 34.7 Å². The molecular weight excluding hydrogens is 390 g/mol. The molecule has 0 bridgehead atoms. The molecule has 0 atom stereocenters. The maximum Gasteiger partial charge on any atom is 0.340 e. The van der Waals surface area contributed by atoms with Crippen LogP contribution in [0.5, 0.6) is 0 Å². The fourth-order valence-electron chi connectivity index (χ4n) is 3.27. The minimum Gasteiger partial charge on any atom is -0.454 e. The van der Waals surface area contributed by atoms with Gasteiger partial charge in [0.15, 0.2) is 12.4 Å². The number of benzene rings is 2. The topological polar surface area (TPSA) is 119 Å². The molecule has 0 aliphatic carbocycles. The highest BCUT2D eigenvalue weighted by atomic mass is 16.6.